The monoisotopic (exact) mass is 497 g/mol. The molecule has 36 heavy (non-hydrogen) atoms. The molecule has 0 aliphatic heterocycles. The molecule has 4 rings (SSSR count). The zero-order chi connectivity index (χ0) is 25.9. The van der Waals surface area contributed by atoms with Gasteiger partial charge in [-0.25, -0.2) is 9.37 Å². The lowest BCUT2D eigenvalue weighted by Crippen LogP contribution is -2.08. The highest BCUT2D eigenvalue weighted by Gasteiger charge is 2.30. The number of halogens is 4. The van der Waals surface area contributed by atoms with Crippen LogP contribution < -0.4 is 16.0 Å². The van der Waals surface area contributed by atoms with Crippen molar-refractivity contribution in [3.63, 3.8) is 0 Å². The van der Waals surface area contributed by atoms with Gasteiger partial charge in [-0.1, -0.05) is 18.7 Å². The van der Waals surface area contributed by atoms with E-state index in [1.807, 2.05) is 0 Å². The molecule has 0 atom stereocenters. The Morgan fingerprint density at radius 1 is 1.03 bits per heavy atom. The van der Waals surface area contributed by atoms with E-state index in [1.165, 1.54) is 30.5 Å². The molecule has 3 N–H and O–H groups in total. The number of benzene rings is 2. The molecule has 2 aromatic heterocycles. The Bertz CT molecular complexity index is 1410. The van der Waals surface area contributed by atoms with Crippen molar-refractivity contribution in [1.82, 2.24) is 19.7 Å². The van der Waals surface area contributed by atoms with Crippen LogP contribution in [0.4, 0.5) is 46.4 Å². The lowest BCUT2D eigenvalue weighted by Gasteiger charge is -2.15. The number of carbonyl (C=O) groups excluding carboxylic acids is 1. The lowest BCUT2D eigenvalue weighted by atomic mass is 10.1. The van der Waals surface area contributed by atoms with Gasteiger partial charge in [0.1, 0.15) is 11.6 Å². The van der Waals surface area contributed by atoms with E-state index >= 15 is 0 Å². The third-order valence-electron chi connectivity index (χ3n) is 4.89. The summed E-state index contributed by atoms with van der Waals surface area (Å²) in [7, 11) is 1.74. The SMILES string of the molecule is C=CC(=O)Nc1cc(F)cc(Nc2nc(Nc3cnn(C)c3)ncc2-c2ccc(C(F)(F)F)cc2)c1. The van der Waals surface area contributed by atoms with Crippen molar-refractivity contribution in [3.8, 4) is 11.1 Å². The summed E-state index contributed by atoms with van der Waals surface area (Å²) in [6, 6.07) is 8.26. The first-order valence-corrected chi connectivity index (χ1v) is 10.4. The van der Waals surface area contributed by atoms with Gasteiger partial charge >= 0.3 is 6.18 Å². The lowest BCUT2D eigenvalue weighted by molar-refractivity contribution is -0.137. The highest BCUT2D eigenvalue weighted by atomic mass is 19.4. The molecule has 2 heterocycles. The van der Waals surface area contributed by atoms with E-state index in [9.17, 15) is 22.4 Å². The zero-order valence-electron chi connectivity index (χ0n) is 18.8. The summed E-state index contributed by atoms with van der Waals surface area (Å²) in [4.78, 5) is 20.3. The van der Waals surface area contributed by atoms with Crippen molar-refractivity contribution in [3.05, 3.63) is 85.1 Å². The molecule has 0 spiro atoms. The molecule has 8 nitrogen and oxygen atoms in total. The Morgan fingerprint density at radius 3 is 2.39 bits per heavy atom. The highest BCUT2D eigenvalue weighted by molar-refractivity contribution is 5.99. The second-order valence-electron chi connectivity index (χ2n) is 7.61. The predicted molar refractivity (Wildman–Crippen MR) is 127 cm³/mol. The Hall–Kier alpha value is -4.74. The normalized spacial score (nSPS) is 11.1. The third-order valence-corrected chi connectivity index (χ3v) is 4.89. The molecule has 0 radical (unpaired) electrons. The number of nitrogens with one attached hydrogen (secondary N) is 3. The van der Waals surface area contributed by atoms with Crippen LogP contribution in [0.25, 0.3) is 11.1 Å². The number of anilines is 5. The van der Waals surface area contributed by atoms with Gasteiger partial charge in [-0.15, -0.1) is 0 Å². The van der Waals surface area contributed by atoms with Gasteiger partial charge in [0.2, 0.25) is 11.9 Å². The summed E-state index contributed by atoms with van der Waals surface area (Å²) < 4.78 is 54.9. The minimum Gasteiger partial charge on any atom is -0.339 e. The number of hydrogen-bond donors (Lipinski definition) is 3. The molecule has 184 valence electrons. The number of rotatable bonds is 7. The van der Waals surface area contributed by atoms with Gasteiger partial charge < -0.3 is 16.0 Å². The minimum absolute atomic E-state index is 0.165. The van der Waals surface area contributed by atoms with Crippen LogP contribution in [0.2, 0.25) is 0 Å². The van der Waals surface area contributed by atoms with Gasteiger partial charge in [0, 0.05) is 36.4 Å². The fourth-order valence-electron chi connectivity index (χ4n) is 3.27. The Kier molecular flexibility index (Phi) is 6.68. The van der Waals surface area contributed by atoms with Crippen LogP contribution in [0, 0.1) is 5.82 Å². The molecule has 12 heteroatoms. The second-order valence-corrected chi connectivity index (χ2v) is 7.61. The average molecular weight is 497 g/mol. The Labute approximate surface area is 202 Å². The van der Waals surface area contributed by atoms with Crippen molar-refractivity contribution >= 4 is 34.7 Å². The van der Waals surface area contributed by atoms with Gasteiger partial charge in [0.15, 0.2) is 0 Å². The van der Waals surface area contributed by atoms with Crippen LogP contribution in [0.3, 0.4) is 0 Å². The van der Waals surface area contributed by atoms with Crippen LogP contribution in [0.1, 0.15) is 5.56 Å². The minimum atomic E-state index is -4.48. The molecule has 0 saturated carbocycles. The smallest absolute Gasteiger partial charge is 0.339 e. The average Bonchev–Trinajstić information content (AvgIpc) is 3.22. The summed E-state index contributed by atoms with van der Waals surface area (Å²) in [6.07, 6.45) is 1.24. The maximum atomic E-state index is 14.3. The van der Waals surface area contributed by atoms with Crippen LogP contribution in [-0.4, -0.2) is 25.7 Å². The molecule has 0 fully saturated rings. The van der Waals surface area contributed by atoms with Gasteiger partial charge in [-0.2, -0.15) is 23.3 Å². The molecule has 4 aromatic rings. The Morgan fingerprint density at radius 2 is 1.75 bits per heavy atom. The number of hydrogen-bond acceptors (Lipinski definition) is 6. The number of nitrogens with zero attached hydrogens (tertiary/aromatic N) is 4. The first-order valence-electron chi connectivity index (χ1n) is 10.4. The number of aromatic nitrogens is 4. The van der Waals surface area contributed by atoms with Crippen molar-refractivity contribution < 1.29 is 22.4 Å². The highest BCUT2D eigenvalue weighted by Crippen LogP contribution is 2.34. The molecule has 0 unspecified atom stereocenters. The third kappa shape index (κ3) is 5.84. The topological polar surface area (TPSA) is 96.8 Å². The van der Waals surface area contributed by atoms with E-state index < -0.39 is 23.5 Å². The van der Waals surface area contributed by atoms with E-state index in [1.54, 1.807) is 24.1 Å². The maximum absolute atomic E-state index is 14.3. The number of carbonyl (C=O) groups is 1. The Balaban J connectivity index is 1.73. The number of alkyl halides is 3. The quantitative estimate of drug-likeness (QED) is 0.226. The fraction of sp³-hybridized carbons (Fsp3) is 0.0833. The van der Waals surface area contributed by atoms with Crippen molar-refractivity contribution in [2.24, 2.45) is 7.05 Å². The molecule has 0 bridgehead atoms. The van der Waals surface area contributed by atoms with Gasteiger partial charge in [-0.3, -0.25) is 9.48 Å². The summed E-state index contributed by atoms with van der Waals surface area (Å²) in [5.74, 6) is -0.819. The van der Waals surface area contributed by atoms with E-state index in [2.05, 4.69) is 37.6 Å². The first-order chi connectivity index (χ1) is 17.1. The van der Waals surface area contributed by atoms with Crippen molar-refractivity contribution in [2.75, 3.05) is 16.0 Å². The second kappa shape index (κ2) is 9.86. The number of amides is 1. The first kappa shape index (κ1) is 24.4. The zero-order valence-corrected chi connectivity index (χ0v) is 18.8. The van der Waals surface area contributed by atoms with Crippen LogP contribution >= 0.6 is 0 Å². The molecule has 0 saturated heterocycles. The molecular formula is C24H19F4N7O. The molecule has 0 aliphatic carbocycles. The summed E-state index contributed by atoms with van der Waals surface area (Å²) >= 11 is 0. The van der Waals surface area contributed by atoms with E-state index in [0.29, 0.717) is 16.8 Å². The molecular weight excluding hydrogens is 478 g/mol. The largest absolute Gasteiger partial charge is 0.416 e. The standard InChI is InChI=1S/C24H19F4N7O/c1-3-21(36)31-17-8-16(25)9-18(10-17)32-22-20(14-4-6-15(7-5-14)24(26,27)28)12-29-23(34-22)33-19-11-30-35(2)13-19/h3-13H,1H2,2H3,(H,31,36)(H2,29,32,33,34). The van der Waals surface area contributed by atoms with Crippen LogP contribution in [0.5, 0.6) is 0 Å². The summed E-state index contributed by atoms with van der Waals surface area (Å²) in [6.45, 7) is 3.36. The molecule has 1 amide bonds. The summed E-state index contributed by atoms with van der Waals surface area (Å²) in [5, 5.41) is 12.5. The molecule has 2 aromatic carbocycles. The van der Waals surface area contributed by atoms with E-state index in [-0.39, 0.29) is 23.1 Å². The van der Waals surface area contributed by atoms with Crippen LogP contribution in [-0.2, 0) is 18.0 Å². The van der Waals surface area contributed by atoms with Gasteiger partial charge in [0.05, 0.1) is 17.4 Å². The van der Waals surface area contributed by atoms with E-state index in [0.717, 1.165) is 24.3 Å². The van der Waals surface area contributed by atoms with Crippen molar-refractivity contribution in [2.45, 2.75) is 6.18 Å². The predicted octanol–water partition coefficient (Wildman–Crippen LogP) is 5.65. The van der Waals surface area contributed by atoms with Gasteiger partial charge in [-0.05, 0) is 42.0 Å². The summed E-state index contributed by atoms with van der Waals surface area (Å²) in [5.41, 5.74) is 0.960. The van der Waals surface area contributed by atoms with Gasteiger partial charge in [0.25, 0.3) is 0 Å². The molecule has 0 aliphatic rings. The van der Waals surface area contributed by atoms with Crippen molar-refractivity contribution in [1.29, 1.82) is 0 Å². The fourth-order valence-corrected chi connectivity index (χ4v) is 3.27. The number of aryl methyl sites for hydroxylation is 1. The van der Waals surface area contributed by atoms with E-state index in [4.69, 9.17) is 0 Å². The maximum Gasteiger partial charge on any atom is 0.416 e. The van der Waals surface area contributed by atoms with Crippen LogP contribution in [0.15, 0.2) is 73.7 Å².